The lowest BCUT2D eigenvalue weighted by atomic mass is 10.1. The summed E-state index contributed by atoms with van der Waals surface area (Å²) in [6.07, 6.45) is -3.94. The number of amides is 1. The number of rotatable bonds is 6. The number of carbonyl (C=O) groups is 1. The monoisotopic (exact) mass is 362 g/mol. The number of alkyl halides is 3. The Bertz CT molecular complexity index is 531. The Morgan fingerprint density at radius 3 is 2.71 bits per heavy atom. The molecule has 1 aliphatic rings. The first-order chi connectivity index (χ1) is 11.3. The molecule has 1 fully saturated rings. The topological polar surface area (TPSA) is 50.4 Å². The predicted octanol–water partition coefficient (Wildman–Crippen LogP) is 2.90. The number of thioether (sulfide) groups is 1. The van der Waals surface area contributed by atoms with E-state index in [1.807, 2.05) is 18.7 Å². The zero-order valence-electron chi connectivity index (χ0n) is 13.4. The maximum Gasteiger partial charge on any atom is 0.422 e. The SMILES string of the molecule is CC(NC(=O)CC1CSCCN1)c1ccc(OCC(F)(F)F)cc1. The summed E-state index contributed by atoms with van der Waals surface area (Å²) in [5, 5.41) is 6.22. The third-order valence-corrected chi connectivity index (χ3v) is 4.72. The Hall–Kier alpha value is -1.41. The molecule has 1 amide bonds. The summed E-state index contributed by atoms with van der Waals surface area (Å²) in [6, 6.07) is 6.24. The molecule has 4 nitrogen and oxygen atoms in total. The minimum absolute atomic E-state index is 0.0418. The lowest BCUT2D eigenvalue weighted by Gasteiger charge is -2.23. The van der Waals surface area contributed by atoms with E-state index < -0.39 is 12.8 Å². The number of halogens is 3. The van der Waals surface area contributed by atoms with Gasteiger partial charge in [0.25, 0.3) is 0 Å². The molecule has 24 heavy (non-hydrogen) atoms. The van der Waals surface area contributed by atoms with E-state index >= 15 is 0 Å². The van der Waals surface area contributed by atoms with Crippen LogP contribution in [0.2, 0.25) is 0 Å². The Balaban J connectivity index is 1.80. The van der Waals surface area contributed by atoms with Gasteiger partial charge in [-0.15, -0.1) is 0 Å². The first kappa shape index (κ1) is 18.9. The molecule has 1 aliphatic heterocycles. The van der Waals surface area contributed by atoms with E-state index in [0.29, 0.717) is 6.42 Å². The van der Waals surface area contributed by atoms with Gasteiger partial charge in [-0.1, -0.05) is 12.1 Å². The third kappa shape index (κ3) is 6.60. The fourth-order valence-electron chi connectivity index (χ4n) is 2.38. The van der Waals surface area contributed by atoms with Crippen LogP contribution in [-0.2, 0) is 4.79 Å². The smallest absolute Gasteiger partial charge is 0.422 e. The maximum atomic E-state index is 12.1. The molecule has 0 bridgehead atoms. The average molecular weight is 362 g/mol. The molecule has 2 atom stereocenters. The van der Waals surface area contributed by atoms with Crippen LogP contribution in [0.5, 0.6) is 5.75 Å². The molecular weight excluding hydrogens is 341 g/mol. The first-order valence-electron chi connectivity index (χ1n) is 7.73. The van der Waals surface area contributed by atoms with Crippen LogP contribution in [0.25, 0.3) is 0 Å². The highest BCUT2D eigenvalue weighted by Crippen LogP contribution is 2.21. The summed E-state index contributed by atoms with van der Waals surface area (Å²) in [5.74, 6) is 2.10. The van der Waals surface area contributed by atoms with Gasteiger partial charge in [0.15, 0.2) is 6.61 Å². The average Bonchev–Trinajstić information content (AvgIpc) is 2.53. The van der Waals surface area contributed by atoms with E-state index in [4.69, 9.17) is 0 Å². The molecule has 0 spiro atoms. The van der Waals surface area contributed by atoms with Crippen molar-refractivity contribution >= 4 is 17.7 Å². The van der Waals surface area contributed by atoms with E-state index in [1.165, 1.54) is 12.1 Å². The normalized spacial score (nSPS) is 19.6. The Morgan fingerprint density at radius 2 is 2.12 bits per heavy atom. The van der Waals surface area contributed by atoms with Crippen molar-refractivity contribution in [2.45, 2.75) is 31.6 Å². The number of carbonyl (C=O) groups excluding carboxylic acids is 1. The lowest BCUT2D eigenvalue weighted by molar-refractivity contribution is -0.153. The predicted molar refractivity (Wildman–Crippen MR) is 88.3 cm³/mol. The standard InChI is InChI=1S/C16H21F3N2O2S/c1-11(21-15(22)8-13-9-24-7-6-20-13)12-2-4-14(5-3-12)23-10-16(17,18)19/h2-5,11,13,20H,6-10H2,1H3,(H,21,22). The van der Waals surface area contributed by atoms with E-state index in [-0.39, 0.29) is 23.7 Å². The number of nitrogens with one attached hydrogen (secondary N) is 2. The van der Waals surface area contributed by atoms with Gasteiger partial charge in [0.2, 0.25) is 5.91 Å². The highest BCUT2D eigenvalue weighted by atomic mass is 32.2. The molecule has 1 heterocycles. The van der Waals surface area contributed by atoms with Gasteiger partial charge < -0.3 is 15.4 Å². The highest BCUT2D eigenvalue weighted by Gasteiger charge is 2.28. The summed E-state index contributed by atoms with van der Waals surface area (Å²) in [5.41, 5.74) is 0.814. The van der Waals surface area contributed by atoms with Crippen molar-refractivity contribution in [1.82, 2.24) is 10.6 Å². The summed E-state index contributed by atoms with van der Waals surface area (Å²) >= 11 is 1.83. The molecule has 2 N–H and O–H groups in total. The fraction of sp³-hybridized carbons (Fsp3) is 0.562. The van der Waals surface area contributed by atoms with Crippen LogP contribution in [0.3, 0.4) is 0 Å². The van der Waals surface area contributed by atoms with E-state index in [1.54, 1.807) is 12.1 Å². The van der Waals surface area contributed by atoms with Crippen LogP contribution >= 0.6 is 11.8 Å². The van der Waals surface area contributed by atoms with Gasteiger partial charge in [-0.2, -0.15) is 24.9 Å². The molecule has 134 valence electrons. The molecule has 2 rings (SSSR count). The molecule has 0 radical (unpaired) electrons. The minimum Gasteiger partial charge on any atom is -0.484 e. The maximum absolute atomic E-state index is 12.1. The van der Waals surface area contributed by atoms with Crippen LogP contribution in [0.4, 0.5) is 13.2 Å². The fourth-order valence-corrected chi connectivity index (χ4v) is 3.33. The Kier molecular flexibility index (Phi) is 6.79. The number of hydrogen-bond acceptors (Lipinski definition) is 4. The van der Waals surface area contributed by atoms with Crippen molar-refractivity contribution in [3.63, 3.8) is 0 Å². The van der Waals surface area contributed by atoms with Crippen molar-refractivity contribution in [2.24, 2.45) is 0 Å². The van der Waals surface area contributed by atoms with E-state index in [9.17, 15) is 18.0 Å². The molecule has 2 unspecified atom stereocenters. The van der Waals surface area contributed by atoms with E-state index in [2.05, 4.69) is 15.4 Å². The van der Waals surface area contributed by atoms with Crippen molar-refractivity contribution in [1.29, 1.82) is 0 Å². The second kappa shape index (κ2) is 8.62. The Labute approximate surface area is 143 Å². The summed E-state index contributed by atoms with van der Waals surface area (Å²) < 4.78 is 41.0. The van der Waals surface area contributed by atoms with Gasteiger partial charge in [-0.3, -0.25) is 4.79 Å². The molecule has 1 aromatic rings. The zero-order chi connectivity index (χ0) is 17.6. The van der Waals surface area contributed by atoms with Crippen molar-refractivity contribution < 1.29 is 22.7 Å². The lowest BCUT2D eigenvalue weighted by Crippen LogP contribution is -2.41. The van der Waals surface area contributed by atoms with Crippen LogP contribution < -0.4 is 15.4 Å². The van der Waals surface area contributed by atoms with Gasteiger partial charge in [0.1, 0.15) is 5.75 Å². The molecule has 0 saturated carbocycles. The second-order valence-corrected chi connectivity index (χ2v) is 6.84. The quantitative estimate of drug-likeness (QED) is 0.817. The molecule has 8 heteroatoms. The molecular formula is C16H21F3N2O2S. The highest BCUT2D eigenvalue weighted by molar-refractivity contribution is 7.99. The zero-order valence-corrected chi connectivity index (χ0v) is 14.2. The third-order valence-electron chi connectivity index (χ3n) is 3.59. The molecule has 1 saturated heterocycles. The minimum atomic E-state index is -4.36. The largest absolute Gasteiger partial charge is 0.484 e. The van der Waals surface area contributed by atoms with Crippen molar-refractivity contribution in [3.8, 4) is 5.75 Å². The van der Waals surface area contributed by atoms with Crippen LogP contribution in [-0.4, -0.2) is 42.8 Å². The van der Waals surface area contributed by atoms with Gasteiger partial charge in [0, 0.05) is 30.5 Å². The van der Waals surface area contributed by atoms with Crippen molar-refractivity contribution in [2.75, 3.05) is 24.7 Å². The van der Waals surface area contributed by atoms with Crippen molar-refractivity contribution in [3.05, 3.63) is 29.8 Å². The first-order valence-corrected chi connectivity index (χ1v) is 8.89. The molecule has 1 aromatic carbocycles. The number of ether oxygens (including phenoxy) is 1. The second-order valence-electron chi connectivity index (χ2n) is 5.69. The Morgan fingerprint density at radius 1 is 1.42 bits per heavy atom. The molecule has 0 aromatic heterocycles. The van der Waals surface area contributed by atoms with Gasteiger partial charge in [-0.05, 0) is 24.6 Å². The number of benzene rings is 1. The van der Waals surface area contributed by atoms with Gasteiger partial charge >= 0.3 is 6.18 Å². The van der Waals surface area contributed by atoms with Gasteiger partial charge in [-0.25, -0.2) is 0 Å². The van der Waals surface area contributed by atoms with E-state index in [0.717, 1.165) is 23.6 Å². The summed E-state index contributed by atoms with van der Waals surface area (Å²) in [7, 11) is 0. The van der Waals surface area contributed by atoms with Crippen LogP contribution in [0, 0.1) is 0 Å². The van der Waals surface area contributed by atoms with Crippen LogP contribution in [0.15, 0.2) is 24.3 Å². The number of hydrogen-bond donors (Lipinski definition) is 2. The van der Waals surface area contributed by atoms with Crippen LogP contribution in [0.1, 0.15) is 24.9 Å². The summed E-state index contributed by atoms with van der Waals surface area (Å²) in [6.45, 7) is 1.44. The summed E-state index contributed by atoms with van der Waals surface area (Å²) in [4.78, 5) is 12.1. The van der Waals surface area contributed by atoms with Gasteiger partial charge in [0.05, 0.1) is 6.04 Å². The molecule has 0 aliphatic carbocycles.